The molecule has 1 unspecified atom stereocenters. The number of amides is 1. The third-order valence-electron chi connectivity index (χ3n) is 2.66. The second-order valence-corrected chi connectivity index (χ2v) is 6.03. The molecule has 0 aromatic rings. The molecule has 0 heterocycles. The summed E-state index contributed by atoms with van der Waals surface area (Å²) in [6.07, 6.45) is -4.55. The molecule has 124 valence electrons. The van der Waals surface area contributed by atoms with Gasteiger partial charge in [-0.2, -0.15) is 0 Å². The first kappa shape index (κ1) is 19.5. The molecule has 0 rings (SSSR count). The highest BCUT2D eigenvalue weighted by molar-refractivity contribution is 5.85. The zero-order valence-corrected chi connectivity index (χ0v) is 13.1. The van der Waals surface area contributed by atoms with Crippen LogP contribution in [-0.4, -0.2) is 36.5 Å². The van der Waals surface area contributed by atoms with Crippen LogP contribution in [0.1, 0.15) is 41.5 Å². The van der Waals surface area contributed by atoms with Crippen LogP contribution in [0.15, 0.2) is 0 Å². The zero-order chi connectivity index (χ0) is 17.1. The summed E-state index contributed by atoms with van der Waals surface area (Å²) in [6, 6.07) is 0. The maximum absolute atomic E-state index is 14.9. The number of nitrogens with one attached hydrogen (secondary N) is 1. The molecule has 0 radical (unpaired) electrons. The van der Waals surface area contributed by atoms with Crippen molar-refractivity contribution in [2.24, 2.45) is 5.41 Å². The van der Waals surface area contributed by atoms with Crippen LogP contribution in [0.25, 0.3) is 0 Å². The molecule has 0 aromatic heterocycles. The SMILES string of the molecule is CCOC(=O)C(F)(NC(=O)OC(C)(C)C)C(C)(C)C(F)F. The third-order valence-corrected chi connectivity index (χ3v) is 2.66. The van der Waals surface area contributed by atoms with Crippen molar-refractivity contribution in [2.45, 2.75) is 59.4 Å². The summed E-state index contributed by atoms with van der Waals surface area (Å²) in [5.74, 6) is -5.01. The quantitative estimate of drug-likeness (QED) is 0.626. The van der Waals surface area contributed by atoms with Gasteiger partial charge in [0, 0.05) is 0 Å². The lowest BCUT2D eigenvalue weighted by molar-refractivity contribution is -0.182. The summed E-state index contributed by atoms with van der Waals surface area (Å²) in [4.78, 5) is 23.3. The Morgan fingerprint density at radius 1 is 1.14 bits per heavy atom. The van der Waals surface area contributed by atoms with Gasteiger partial charge in [0.15, 0.2) is 0 Å². The Bertz CT molecular complexity index is 393. The summed E-state index contributed by atoms with van der Waals surface area (Å²) in [5.41, 5.74) is -3.48. The van der Waals surface area contributed by atoms with Crippen LogP contribution in [0, 0.1) is 5.41 Å². The van der Waals surface area contributed by atoms with Gasteiger partial charge in [-0.15, -0.1) is 0 Å². The summed E-state index contributed by atoms with van der Waals surface area (Å²) < 4.78 is 50.2. The molecular weight excluding hydrogens is 291 g/mol. The number of rotatable bonds is 5. The highest BCUT2D eigenvalue weighted by Crippen LogP contribution is 2.39. The van der Waals surface area contributed by atoms with E-state index in [0.29, 0.717) is 0 Å². The summed E-state index contributed by atoms with van der Waals surface area (Å²) >= 11 is 0. The Morgan fingerprint density at radius 2 is 1.62 bits per heavy atom. The Labute approximate surface area is 122 Å². The number of hydrogen-bond donors (Lipinski definition) is 1. The highest BCUT2D eigenvalue weighted by Gasteiger charge is 2.60. The van der Waals surface area contributed by atoms with E-state index >= 15 is 0 Å². The van der Waals surface area contributed by atoms with E-state index in [9.17, 15) is 22.8 Å². The van der Waals surface area contributed by atoms with Gasteiger partial charge in [0.2, 0.25) is 6.43 Å². The Kier molecular flexibility index (Phi) is 6.07. The number of alkyl halides is 3. The molecule has 1 N–H and O–H groups in total. The van der Waals surface area contributed by atoms with Gasteiger partial charge in [-0.25, -0.2) is 22.8 Å². The fraction of sp³-hybridized carbons (Fsp3) is 0.846. The van der Waals surface area contributed by atoms with E-state index < -0.39 is 35.3 Å². The maximum atomic E-state index is 14.9. The fourth-order valence-corrected chi connectivity index (χ4v) is 1.30. The molecule has 1 amide bonds. The molecule has 8 heteroatoms. The average molecular weight is 313 g/mol. The van der Waals surface area contributed by atoms with E-state index in [-0.39, 0.29) is 6.61 Å². The number of alkyl carbamates (subject to hydrolysis) is 1. The first-order chi connectivity index (χ1) is 9.28. The first-order valence-electron chi connectivity index (χ1n) is 6.43. The minimum absolute atomic E-state index is 0.222. The number of esters is 1. The van der Waals surface area contributed by atoms with Crippen LogP contribution in [-0.2, 0) is 14.3 Å². The molecule has 5 nitrogen and oxygen atoms in total. The maximum Gasteiger partial charge on any atom is 0.410 e. The Hall–Kier alpha value is -1.47. The van der Waals surface area contributed by atoms with Crippen molar-refractivity contribution in [2.75, 3.05) is 6.61 Å². The third kappa shape index (κ3) is 4.78. The van der Waals surface area contributed by atoms with Crippen molar-refractivity contribution >= 4 is 12.1 Å². The number of halogens is 3. The second kappa shape index (κ2) is 6.53. The molecule has 0 bridgehead atoms. The lowest BCUT2D eigenvalue weighted by Gasteiger charge is -2.37. The van der Waals surface area contributed by atoms with Crippen LogP contribution in [0.5, 0.6) is 0 Å². The predicted molar refractivity (Wildman–Crippen MR) is 69.6 cm³/mol. The summed E-state index contributed by atoms with van der Waals surface area (Å²) in [7, 11) is 0. The minimum atomic E-state index is -3.42. The van der Waals surface area contributed by atoms with Gasteiger partial charge < -0.3 is 9.47 Å². The number of carbonyl (C=O) groups is 2. The van der Waals surface area contributed by atoms with Crippen molar-refractivity contribution in [1.82, 2.24) is 5.32 Å². The van der Waals surface area contributed by atoms with Gasteiger partial charge >= 0.3 is 12.1 Å². The second-order valence-electron chi connectivity index (χ2n) is 6.03. The van der Waals surface area contributed by atoms with Crippen molar-refractivity contribution in [3.63, 3.8) is 0 Å². The van der Waals surface area contributed by atoms with E-state index in [4.69, 9.17) is 4.74 Å². The van der Waals surface area contributed by atoms with Crippen LogP contribution in [0.2, 0.25) is 0 Å². The number of carbonyl (C=O) groups excluding carboxylic acids is 2. The van der Waals surface area contributed by atoms with Crippen molar-refractivity contribution in [3.05, 3.63) is 0 Å². The van der Waals surface area contributed by atoms with Gasteiger partial charge in [-0.3, -0.25) is 5.32 Å². The van der Waals surface area contributed by atoms with Gasteiger partial charge in [0.1, 0.15) is 5.60 Å². The Balaban J connectivity index is 5.44. The lowest BCUT2D eigenvalue weighted by Crippen LogP contribution is -2.63. The monoisotopic (exact) mass is 313 g/mol. The van der Waals surface area contributed by atoms with E-state index in [1.807, 2.05) is 0 Å². The predicted octanol–water partition coefficient (Wildman–Crippen LogP) is 3.03. The van der Waals surface area contributed by atoms with Crippen LogP contribution in [0.4, 0.5) is 18.0 Å². The lowest BCUT2D eigenvalue weighted by atomic mass is 9.82. The molecule has 21 heavy (non-hydrogen) atoms. The standard InChI is InChI=1S/C13H22F3NO4/c1-7-20-9(18)13(16,12(5,6)8(14)15)17-10(19)21-11(2,3)4/h8H,7H2,1-6H3,(H,17,19). The molecule has 0 aromatic carbocycles. The molecular formula is C13H22F3NO4. The van der Waals surface area contributed by atoms with E-state index in [1.54, 1.807) is 5.32 Å². The number of ether oxygens (including phenoxy) is 2. The van der Waals surface area contributed by atoms with E-state index in [0.717, 1.165) is 13.8 Å². The zero-order valence-electron chi connectivity index (χ0n) is 13.1. The van der Waals surface area contributed by atoms with Gasteiger partial charge in [-0.1, -0.05) is 0 Å². The van der Waals surface area contributed by atoms with Gasteiger partial charge in [0.05, 0.1) is 12.0 Å². The van der Waals surface area contributed by atoms with Crippen LogP contribution >= 0.6 is 0 Å². The highest BCUT2D eigenvalue weighted by atomic mass is 19.3. The van der Waals surface area contributed by atoms with E-state index in [2.05, 4.69) is 4.74 Å². The topological polar surface area (TPSA) is 64.6 Å². The smallest absolute Gasteiger partial charge is 0.410 e. The van der Waals surface area contributed by atoms with Gasteiger partial charge in [-0.05, 0) is 41.5 Å². The van der Waals surface area contributed by atoms with Crippen molar-refractivity contribution < 1.29 is 32.2 Å². The fourth-order valence-electron chi connectivity index (χ4n) is 1.30. The minimum Gasteiger partial charge on any atom is -0.462 e. The number of hydrogen-bond acceptors (Lipinski definition) is 4. The van der Waals surface area contributed by atoms with E-state index in [1.165, 1.54) is 27.7 Å². The average Bonchev–Trinajstić information content (AvgIpc) is 2.25. The van der Waals surface area contributed by atoms with Crippen molar-refractivity contribution in [3.8, 4) is 0 Å². The summed E-state index contributed by atoms with van der Waals surface area (Å²) in [6.45, 7) is 7.32. The van der Waals surface area contributed by atoms with Crippen LogP contribution in [0.3, 0.4) is 0 Å². The molecule has 1 atom stereocenters. The van der Waals surface area contributed by atoms with Gasteiger partial charge in [0.25, 0.3) is 5.79 Å². The molecule has 0 aliphatic carbocycles. The van der Waals surface area contributed by atoms with Crippen molar-refractivity contribution in [1.29, 1.82) is 0 Å². The molecule has 0 aliphatic rings. The Morgan fingerprint density at radius 3 is 1.95 bits per heavy atom. The molecule has 0 fully saturated rings. The van der Waals surface area contributed by atoms with Crippen LogP contribution < -0.4 is 5.32 Å². The largest absolute Gasteiger partial charge is 0.462 e. The molecule has 0 saturated carbocycles. The molecule has 0 aliphatic heterocycles. The first-order valence-corrected chi connectivity index (χ1v) is 6.43. The normalized spacial score (nSPS) is 15.3. The molecule has 0 saturated heterocycles. The summed E-state index contributed by atoms with van der Waals surface area (Å²) in [5, 5.41) is 1.57. The molecule has 0 spiro atoms.